The molecule has 1 amide bonds. The highest BCUT2D eigenvalue weighted by Gasteiger charge is 2.22. The number of aromatic hydroxyl groups is 1. The number of carbonyl (C=O) groups excluding carboxylic acids is 2. The van der Waals surface area contributed by atoms with Gasteiger partial charge in [-0.15, -0.1) is 0 Å². The van der Waals surface area contributed by atoms with Crippen LogP contribution in [0.5, 0.6) is 5.75 Å². The van der Waals surface area contributed by atoms with Crippen molar-refractivity contribution in [2.45, 2.75) is 13.3 Å². The van der Waals surface area contributed by atoms with Crippen LogP contribution >= 0.6 is 11.6 Å². The summed E-state index contributed by atoms with van der Waals surface area (Å²) in [6.07, 6.45) is -0.141. The number of nitrogens with zero attached hydrogens (tertiary/aromatic N) is 1. The number of nitrogens with one attached hydrogen (secondary N) is 1. The molecule has 30 heavy (non-hydrogen) atoms. The topological polar surface area (TPSA) is 126 Å². The van der Waals surface area contributed by atoms with Crippen molar-refractivity contribution in [1.29, 1.82) is 0 Å². The van der Waals surface area contributed by atoms with E-state index in [-0.39, 0.29) is 24.6 Å². The molecule has 2 aromatic carbocycles. The van der Waals surface area contributed by atoms with Gasteiger partial charge in [0.2, 0.25) is 5.91 Å². The third-order valence-corrected chi connectivity index (χ3v) is 5.60. The molecule has 158 valence electrons. The number of benzene rings is 2. The van der Waals surface area contributed by atoms with Crippen molar-refractivity contribution in [2.24, 2.45) is 0 Å². The quantitative estimate of drug-likeness (QED) is 0.495. The molecule has 0 spiro atoms. The highest BCUT2D eigenvalue weighted by Crippen LogP contribution is 2.30. The summed E-state index contributed by atoms with van der Waals surface area (Å²) in [5.74, 6) is -1.43. The van der Waals surface area contributed by atoms with Gasteiger partial charge in [0.25, 0.3) is 16.0 Å². The maximum absolute atomic E-state index is 13.1. The van der Waals surface area contributed by atoms with Crippen LogP contribution in [0, 0.1) is 6.92 Å². The molecule has 0 fully saturated rings. The van der Waals surface area contributed by atoms with Crippen molar-refractivity contribution < 1.29 is 27.7 Å². The largest absolute Gasteiger partial charge is 0.508 e. The van der Waals surface area contributed by atoms with Crippen LogP contribution in [-0.4, -0.2) is 46.8 Å². The van der Waals surface area contributed by atoms with Gasteiger partial charge >= 0.3 is 0 Å². The molecule has 10 heteroatoms. The fraction of sp³-hybridized carbons (Fsp3) is 0.200. The number of phenols is 1. The first-order chi connectivity index (χ1) is 14.1. The van der Waals surface area contributed by atoms with Crippen LogP contribution in [0.1, 0.15) is 21.6 Å². The van der Waals surface area contributed by atoms with E-state index in [1.165, 1.54) is 16.7 Å². The molecule has 3 N–H and O–H groups in total. The molecular formula is C20H19ClN2O6S. The van der Waals surface area contributed by atoms with E-state index >= 15 is 0 Å². The molecule has 1 aromatic heterocycles. The summed E-state index contributed by atoms with van der Waals surface area (Å²) in [5.41, 5.74) is 1.95. The van der Waals surface area contributed by atoms with E-state index in [1.807, 2.05) is 0 Å². The maximum Gasteiger partial charge on any atom is 0.266 e. The number of aromatic nitrogens is 1. The number of amides is 1. The van der Waals surface area contributed by atoms with E-state index in [1.54, 1.807) is 37.3 Å². The van der Waals surface area contributed by atoms with E-state index in [4.69, 9.17) is 16.2 Å². The number of hydrogen-bond donors (Lipinski definition) is 3. The molecule has 0 unspecified atom stereocenters. The number of phenolic OH excluding ortho intramolecular Hbond substituents is 1. The lowest BCUT2D eigenvalue weighted by Gasteiger charge is -2.08. The fourth-order valence-corrected chi connectivity index (χ4v) is 3.71. The summed E-state index contributed by atoms with van der Waals surface area (Å²) in [5, 5.41) is 13.3. The second-order valence-electron chi connectivity index (χ2n) is 6.73. The number of carbonyl (C=O) groups is 2. The number of fused-ring (bicyclic) bond motifs is 1. The van der Waals surface area contributed by atoms with Gasteiger partial charge in [-0.1, -0.05) is 11.6 Å². The van der Waals surface area contributed by atoms with E-state index in [9.17, 15) is 23.1 Å². The smallest absolute Gasteiger partial charge is 0.266 e. The third kappa shape index (κ3) is 4.81. The Balaban J connectivity index is 1.98. The summed E-state index contributed by atoms with van der Waals surface area (Å²) < 4.78 is 31.8. The highest BCUT2D eigenvalue weighted by molar-refractivity contribution is 7.85. The molecule has 0 saturated heterocycles. The van der Waals surface area contributed by atoms with Gasteiger partial charge in [-0.2, -0.15) is 8.42 Å². The summed E-state index contributed by atoms with van der Waals surface area (Å²) >= 11 is 5.89. The molecule has 0 saturated carbocycles. The normalized spacial score (nSPS) is 11.6. The molecule has 0 aliphatic heterocycles. The van der Waals surface area contributed by atoms with Crippen LogP contribution in [-0.2, 0) is 21.3 Å². The van der Waals surface area contributed by atoms with Gasteiger partial charge < -0.3 is 10.4 Å². The molecule has 3 rings (SSSR count). The Morgan fingerprint density at radius 1 is 1.13 bits per heavy atom. The second-order valence-corrected chi connectivity index (χ2v) is 8.73. The lowest BCUT2D eigenvalue weighted by atomic mass is 10.1. The lowest BCUT2D eigenvalue weighted by Crippen LogP contribution is -2.30. The molecule has 0 aliphatic rings. The van der Waals surface area contributed by atoms with Crippen LogP contribution in [0.2, 0.25) is 5.02 Å². The van der Waals surface area contributed by atoms with Crippen LogP contribution in [0.25, 0.3) is 10.9 Å². The predicted molar refractivity (Wildman–Crippen MR) is 113 cm³/mol. The molecule has 0 aliphatic carbocycles. The van der Waals surface area contributed by atoms with Gasteiger partial charge in [-0.3, -0.25) is 18.7 Å². The van der Waals surface area contributed by atoms with Crippen molar-refractivity contribution in [2.75, 3.05) is 12.3 Å². The highest BCUT2D eigenvalue weighted by atomic mass is 35.5. The first-order valence-corrected chi connectivity index (χ1v) is 10.9. The summed E-state index contributed by atoms with van der Waals surface area (Å²) in [6.45, 7) is 1.44. The van der Waals surface area contributed by atoms with Crippen molar-refractivity contribution in [3.05, 3.63) is 64.3 Å². The first-order valence-electron chi connectivity index (χ1n) is 8.92. The zero-order valence-corrected chi connectivity index (χ0v) is 17.5. The summed E-state index contributed by atoms with van der Waals surface area (Å²) in [6, 6.07) is 10.9. The van der Waals surface area contributed by atoms with E-state index < -0.39 is 21.8 Å². The molecule has 0 radical (unpaired) electrons. The Morgan fingerprint density at radius 2 is 1.80 bits per heavy atom. The molecule has 3 aromatic rings. The Labute approximate surface area is 177 Å². The molecule has 0 atom stereocenters. The van der Waals surface area contributed by atoms with Gasteiger partial charge in [0.05, 0.1) is 17.7 Å². The SMILES string of the molecule is Cc1c(CC(=O)NCCS(=O)(=O)O)c2cc(O)ccc2n1C(=O)c1ccc(Cl)cc1. The zero-order chi connectivity index (χ0) is 22.1. The Kier molecular flexibility index (Phi) is 6.16. The number of halogens is 1. The van der Waals surface area contributed by atoms with Gasteiger partial charge in [0.15, 0.2) is 0 Å². The minimum atomic E-state index is -4.19. The van der Waals surface area contributed by atoms with Crippen molar-refractivity contribution in [1.82, 2.24) is 9.88 Å². The summed E-state index contributed by atoms with van der Waals surface area (Å²) in [7, 11) is -4.19. The Hall–Kier alpha value is -2.88. The van der Waals surface area contributed by atoms with Crippen LogP contribution in [0.15, 0.2) is 42.5 Å². The van der Waals surface area contributed by atoms with Crippen molar-refractivity contribution in [3.8, 4) is 5.75 Å². The average Bonchev–Trinajstić information content (AvgIpc) is 2.92. The van der Waals surface area contributed by atoms with Crippen LogP contribution in [0.4, 0.5) is 0 Å². The van der Waals surface area contributed by atoms with Gasteiger partial charge in [0.1, 0.15) is 5.75 Å². The molecule has 1 heterocycles. The van der Waals surface area contributed by atoms with E-state index in [0.29, 0.717) is 32.7 Å². The first kappa shape index (κ1) is 21.8. The predicted octanol–water partition coefficient (Wildman–Crippen LogP) is 2.54. The lowest BCUT2D eigenvalue weighted by molar-refractivity contribution is -0.120. The summed E-state index contributed by atoms with van der Waals surface area (Å²) in [4.78, 5) is 25.4. The third-order valence-electron chi connectivity index (χ3n) is 4.63. The Bertz CT molecular complexity index is 1230. The fourth-order valence-electron chi connectivity index (χ4n) is 3.22. The molecule has 0 bridgehead atoms. The monoisotopic (exact) mass is 450 g/mol. The average molecular weight is 451 g/mol. The van der Waals surface area contributed by atoms with Crippen molar-refractivity contribution >= 4 is 44.4 Å². The maximum atomic E-state index is 13.1. The van der Waals surface area contributed by atoms with Gasteiger partial charge in [-0.05, 0) is 55.0 Å². The molecular weight excluding hydrogens is 432 g/mol. The standard InChI is InChI=1S/C20H19ClN2O6S/c1-12-16(11-19(25)22-8-9-30(27,28)29)17-10-15(24)6-7-18(17)23(12)20(26)13-2-4-14(21)5-3-13/h2-7,10,24H,8-9,11H2,1H3,(H,22,25)(H,27,28,29). The van der Waals surface area contributed by atoms with Crippen molar-refractivity contribution in [3.63, 3.8) is 0 Å². The Morgan fingerprint density at radius 3 is 2.43 bits per heavy atom. The van der Waals surface area contributed by atoms with E-state index in [2.05, 4.69) is 5.32 Å². The minimum Gasteiger partial charge on any atom is -0.508 e. The molecule has 8 nitrogen and oxygen atoms in total. The van der Waals surface area contributed by atoms with E-state index in [0.717, 1.165) is 0 Å². The minimum absolute atomic E-state index is 0.0216. The van der Waals surface area contributed by atoms with Crippen LogP contribution in [0.3, 0.4) is 0 Å². The van der Waals surface area contributed by atoms with Gasteiger partial charge in [-0.25, -0.2) is 0 Å². The zero-order valence-electron chi connectivity index (χ0n) is 15.9. The van der Waals surface area contributed by atoms with Crippen LogP contribution < -0.4 is 5.32 Å². The van der Waals surface area contributed by atoms with Gasteiger partial charge in [0, 0.05) is 28.2 Å². The number of hydrogen-bond acceptors (Lipinski definition) is 5. The second kappa shape index (κ2) is 8.47. The number of rotatable bonds is 6.